The first-order valence-electron chi connectivity index (χ1n) is 11.2. The summed E-state index contributed by atoms with van der Waals surface area (Å²) in [6, 6.07) is 0. The third-order valence-electron chi connectivity index (χ3n) is 9.21. The quantitative estimate of drug-likeness (QED) is 0.309. The van der Waals surface area contributed by atoms with Crippen LogP contribution in [0.3, 0.4) is 0 Å². The van der Waals surface area contributed by atoms with Crippen LogP contribution >= 0.6 is 12.6 Å². The Morgan fingerprint density at radius 1 is 1.08 bits per heavy atom. The Morgan fingerprint density at radius 2 is 1.85 bits per heavy atom. The van der Waals surface area contributed by atoms with Crippen molar-refractivity contribution in [1.82, 2.24) is 0 Å². The second-order valence-corrected chi connectivity index (χ2v) is 12.0. The van der Waals surface area contributed by atoms with E-state index in [1.165, 1.54) is 57.8 Å². The van der Waals surface area contributed by atoms with Gasteiger partial charge in [0.2, 0.25) is 0 Å². The Kier molecular flexibility index (Phi) is 4.88. The molecule has 0 bridgehead atoms. The summed E-state index contributed by atoms with van der Waals surface area (Å²) in [5.74, 6) is 3.27. The molecular formula is C24H40OS. The van der Waals surface area contributed by atoms with Gasteiger partial charge in [0, 0.05) is 0 Å². The third kappa shape index (κ3) is 2.93. The molecule has 4 rings (SSSR count). The minimum atomic E-state index is -0.326. The summed E-state index contributed by atoms with van der Waals surface area (Å²) in [6.07, 6.45) is 15.4. The van der Waals surface area contributed by atoms with Crippen LogP contribution in [-0.2, 0) is 4.74 Å². The smallest absolute Gasteiger partial charge is 0.105 e. The zero-order valence-corrected chi connectivity index (χ0v) is 18.6. The van der Waals surface area contributed by atoms with Crippen molar-refractivity contribution in [2.75, 3.05) is 0 Å². The fraction of sp³-hybridized carbons (Fsp3) is 0.917. The van der Waals surface area contributed by atoms with Crippen LogP contribution in [0.5, 0.6) is 0 Å². The molecule has 0 radical (unpaired) electrons. The molecule has 0 heterocycles. The lowest BCUT2D eigenvalue weighted by Gasteiger charge is -2.62. The second-order valence-electron chi connectivity index (χ2n) is 10.9. The molecule has 26 heavy (non-hydrogen) atoms. The van der Waals surface area contributed by atoms with Crippen LogP contribution in [0.15, 0.2) is 11.6 Å². The number of allylic oxidation sites excluding steroid dienone is 2. The van der Waals surface area contributed by atoms with Crippen LogP contribution in [0, 0.1) is 34.5 Å². The molecule has 0 aromatic rings. The maximum Gasteiger partial charge on any atom is 0.105 e. The van der Waals surface area contributed by atoms with Gasteiger partial charge in [0.25, 0.3) is 0 Å². The number of hydrogen-bond acceptors (Lipinski definition) is 2. The fourth-order valence-electron chi connectivity index (χ4n) is 8.05. The lowest BCUT2D eigenvalue weighted by Crippen LogP contribution is -2.58. The molecule has 7 unspecified atom stereocenters. The van der Waals surface area contributed by atoms with Crippen molar-refractivity contribution in [1.29, 1.82) is 0 Å². The van der Waals surface area contributed by atoms with E-state index in [9.17, 15) is 0 Å². The first-order chi connectivity index (χ1) is 12.2. The van der Waals surface area contributed by atoms with Crippen molar-refractivity contribution in [2.45, 2.75) is 103 Å². The molecular weight excluding hydrogens is 336 g/mol. The Labute approximate surface area is 167 Å². The van der Waals surface area contributed by atoms with E-state index in [1.54, 1.807) is 5.57 Å². The Hall–Kier alpha value is 0.0500. The number of hydrogen-bond donors (Lipinski definition) is 1. The first-order valence-corrected chi connectivity index (χ1v) is 11.7. The molecule has 2 heteroatoms. The SMILES string of the molecule is C/C=C1\CCC2C3C(OC(C)(C)S)CC4CCCCC4(C)C3CCC12C. The van der Waals surface area contributed by atoms with Crippen molar-refractivity contribution < 1.29 is 4.74 Å². The molecule has 0 saturated heterocycles. The van der Waals surface area contributed by atoms with Gasteiger partial charge in [-0.2, -0.15) is 0 Å². The van der Waals surface area contributed by atoms with Gasteiger partial charge in [-0.25, -0.2) is 0 Å². The second kappa shape index (κ2) is 6.55. The molecule has 4 saturated carbocycles. The summed E-state index contributed by atoms with van der Waals surface area (Å²) in [6.45, 7) is 11.8. The van der Waals surface area contributed by atoms with Crippen molar-refractivity contribution in [3.05, 3.63) is 11.6 Å². The number of ether oxygens (including phenoxy) is 1. The molecule has 148 valence electrons. The van der Waals surface area contributed by atoms with Crippen LogP contribution in [0.4, 0.5) is 0 Å². The van der Waals surface area contributed by atoms with Gasteiger partial charge in [0.15, 0.2) is 0 Å². The highest BCUT2D eigenvalue weighted by Gasteiger charge is 2.61. The van der Waals surface area contributed by atoms with E-state index in [-0.39, 0.29) is 4.93 Å². The summed E-state index contributed by atoms with van der Waals surface area (Å²) < 4.78 is 6.71. The summed E-state index contributed by atoms with van der Waals surface area (Å²) in [4.78, 5) is -0.326. The Morgan fingerprint density at radius 3 is 2.54 bits per heavy atom. The highest BCUT2D eigenvalue weighted by Crippen LogP contribution is 2.67. The van der Waals surface area contributed by atoms with Gasteiger partial charge in [-0.15, -0.1) is 12.6 Å². The lowest BCUT2D eigenvalue weighted by molar-refractivity contribution is -0.186. The van der Waals surface area contributed by atoms with Crippen LogP contribution in [0.25, 0.3) is 0 Å². The van der Waals surface area contributed by atoms with E-state index < -0.39 is 0 Å². The van der Waals surface area contributed by atoms with Crippen LogP contribution in [-0.4, -0.2) is 11.0 Å². The fourth-order valence-corrected chi connectivity index (χ4v) is 8.18. The van der Waals surface area contributed by atoms with Gasteiger partial charge in [-0.05, 0) is 100 Å². The number of thiol groups is 1. The largest absolute Gasteiger partial charge is 0.362 e. The highest BCUT2D eigenvalue weighted by molar-refractivity contribution is 7.81. The monoisotopic (exact) mass is 376 g/mol. The number of rotatable bonds is 2. The van der Waals surface area contributed by atoms with E-state index in [4.69, 9.17) is 17.4 Å². The predicted octanol–water partition coefficient (Wildman–Crippen LogP) is 7.03. The highest BCUT2D eigenvalue weighted by atomic mass is 32.1. The molecule has 4 aliphatic carbocycles. The van der Waals surface area contributed by atoms with Gasteiger partial charge in [-0.1, -0.05) is 38.3 Å². The maximum absolute atomic E-state index is 6.71. The molecule has 7 atom stereocenters. The average molecular weight is 377 g/mol. The molecule has 0 spiro atoms. The van der Waals surface area contributed by atoms with Gasteiger partial charge in [0.1, 0.15) is 4.93 Å². The molecule has 1 nitrogen and oxygen atoms in total. The van der Waals surface area contributed by atoms with Crippen molar-refractivity contribution in [3.63, 3.8) is 0 Å². The van der Waals surface area contributed by atoms with Gasteiger partial charge < -0.3 is 4.74 Å². The summed E-state index contributed by atoms with van der Waals surface area (Å²) in [5.41, 5.74) is 2.72. The summed E-state index contributed by atoms with van der Waals surface area (Å²) >= 11 is 4.78. The molecule has 0 aromatic carbocycles. The lowest BCUT2D eigenvalue weighted by atomic mass is 9.44. The van der Waals surface area contributed by atoms with Gasteiger partial charge >= 0.3 is 0 Å². The van der Waals surface area contributed by atoms with E-state index in [0.29, 0.717) is 16.9 Å². The van der Waals surface area contributed by atoms with Gasteiger partial charge in [0.05, 0.1) is 6.10 Å². The van der Waals surface area contributed by atoms with E-state index in [0.717, 1.165) is 23.7 Å². The third-order valence-corrected chi connectivity index (χ3v) is 9.32. The van der Waals surface area contributed by atoms with E-state index in [2.05, 4.69) is 40.7 Å². The molecule has 4 aliphatic rings. The molecule has 0 N–H and O–H groups in total. The van der Waals surface area contributed by atoms with Crippen molar-refractivity contribution in [3.8, 4) is 0 Å². The van der Waals surface area contributed by atoms with Crippen LogP contribution in [0.2, 0.25) is 0 Å². The first kappa shape index (κ1) is 19.4. The maximum atomic E-state index is 6.71. The zero-order chi connectivity index (χ0) is 18.7. The van der Waals surface area contributed by atoms with Crippen LogP contribution < -0.4 is 0 Å². The van der Waals surface area contributed by atoms with Gasteiger partial charge in [-0.3, -0.25) is 0 Å². The van der Waals surface area contributed by atoms with Crippen molar-refractivity contribution >= 4 is 12.6 Å². The normalized spacial score (nSPS) is 50.2. The summed E-state index contributed by atoms with van der Waals surface area (Å²) in [5, 5.41) is 0. The predicted molar refractivity (Wildman–Crippen MR) is 113 cm³/mol. The minimum Gasteiger partial charge on any atom is -0.362 e. The van der Waals surface area contributed by atoms with E-state index >= 15 is 0 Å². The van der Waals surface area contributed by atoms with Crippen molar-refractivity contribution in [2.24, 2.45) is 34.5 Å². The Balaban J connectivity index is 1.72. The van der Waals surface area contributed by atoms with Crippen LogP contribution in [0.1, 0.15) is 92.4 Å². The molecule has 0 aliphatic heterocycles. The Bertz CT molecular complexity index is 575. The topological polar surface area (TPSA) is 9.23 Å². The average Bonchev–Trinajstić information content (AvgIpc) is 2.90. The molecule has 0 amide bonds. The minimum absolute atomic E-state index is 0.326. The molecule has 4 fully saturated rings. The molecule has 0 aromatic heterocycles. The summed E-state index contributed by atoms with van der Waals surface area (Å²) in [7, 11) is 0. The van der Waals surface area contributed by atoms with E-state index in [1.807, 2.05) is 0 Å². The number of fused-ring (bicyclic) bond motifs is 5. The standard InChI is InChI=1S/C24H40OS/c1-6-16-10-11-18-21-19(12-14-24(16,18)5)23(4)13-8-7-9-17(23)15-20(21)25-22(2,3)26/h6,17-21,26H,7-15H2,1-5H3/b16-6+. The zero-order valence-electron chi connectivity index (χ0n) is 17.7.